The van der Waals surface area contributed by atoms with E-state index < -0.39 is 21.9 Å². The Balaban J connectivity index is 1.51. The number of fused-ring (bicyclic) bond motifs is 1. The number of hydrogen-bond acceptors (Lipinski definition) is 5. The maximum Gasteiger partial charge on any atom is 0.306 e. The second-order valence-corrected chi connectivity index (χ2v) is 7.56. The van der Waals surface area contributed by atoms with Crippen LogP contribution in [0.3, 0.4) is 0 Å². The topological polar surface area (TPSA) is 80.8 Å². The van der Waals surface area contributed by atoms with Crippen LogP contribution in [0.4, 0.5) is 4.39 Å². The van der Waals surface area contributed by atoms with E-state index in [1.54, 1.807) is 24.3 Å². The number of rotatable bonds is 6. The van der Waals surface area contributed by atoms with Crippen molar-refractivity contribution in [1.82, 2.24) is 4.31 Å². The summed E-state index contributed by atoms with van der Waals surface area (Å²) in [4.78, 5) is 23.9. The van der Waals surface area contributed by atoms with E-state index in [1.807, 2.05) is 0 Å². The van der Waals surface area contributed by atoms with Crippen LogP contribution in [-0.2, 0) is 26.0 Å². The first-order valence-electron chi connectivity index (χ1n) is 7.96. The normalized spacial score (nSPS) is 15.0. The lowest BCUT2D eigenvalue weighted by molar-refractivity contribution is -0.143. The molecule has 2 aromatic rings. The van der Waals surface area contributed by atoms with Crippen molar-refractivity contribution in [1.29, 1.82) is 0 Å². The standard InChI is InChI=1S/C18H16FNO5S/c19-14-8-5-13(6-9-14)7-10-17(21)25-12-11-20-18(22)15-3-1-2-4-16(15)26(20,23)24/h1-6,8-9H,7,10-12H2. The molecule has 0 aromatic heterocycles. The molecule has 0 saturated heterocycles. The Bertz CT molecular complexity index is 940. The van der Waals surface area contributed by atoms with E-state index in [0.717, 1.165) is 5.56 Å². The van der Waals surface area contributed by atoms with Gasteiger partial charge >= 0.3 is 5.97 Å². The van der Waals surface area contributed by atoms with Gasteiger partial charge in [-0.05, 0) is 36.2 Å². The number of carbonyl (C=O) groups excluding carboxylic acids is 2. The molecule has 1 heterocycles. The van der Waals surface area contributed by atoms with Crippen molar-refractivity contribution in [2.75, 3.05) is 13.2 Å². The predicted molar refractivity (Wildman–Crippen MR) is 90.3 cm³/mol. The molecule has 26 heavy (non-hydrogen) atoms. The van der Waals surface area contributed by atoms with Crippen LogP contribution in [0, 0.1) is 5.82 Å². The fourth-order valence-electron chi connectivity index (χ4n) is 2.66. The highest BCUT2D eigenvalue weighted by Gasteiger charge is 2.40. The highest BCUT2D eigenvalue weighted by molar-refractivity contribution is 7.90. The van der Waals surface area contributed by atoms with Gasteiger partial charge in [0, 0.05) is 6.42 Å². The number of amides is 1. The molecular weight excluding hydrogens is 361 g/mol. The van der Waals surface area contributed by atoms with Gasteiger partial charge < -0.3 is 4.74 Å². The Kier molecular flexibility index (Phi) is 5.03. The number of carbonyl (C=O) groups is 2. The third-order valence-electron chi connectivity index (χ3n) is 4.00. The molecule has 0 spiro atoms. The smallest absolute Gasteiger partial charge is 0.306 e. The molecular formula is C18H16FNO5S. The summed E-state index contributed by atoms with van der Waals surface area (Å²) in [5, 5.41) is 0. The first-order chi connectivity index (χ1) is 12.4. The number of halogens is 1. The van der Waals surface area contributed by atoms with Crippen molar-refractivity contribution in [3.8, 4) is 0 Å². The van der Waals surface area contributed by atoms with Gasteiger partial charge in [-0.25, -0.2) is 17.1 Å². The number of esters is 1. The molecule has 0 bridgehead atoms. The average molecular weight is 377 g/mol. The zero-order valence-electron chi connectivity index (χ0n) is 13.7. The Hall–Kier alpha value is -2.74. The Labute approximate surface area is 150 Å². The maximum absolute atomic E-state index is 12.8. The minimum absolute atomic E-state index is 0.0346. The van der Waals surface area contributed by atoms with Crippen LogP contribution in [0.5, 0.6) is 0 Å². The number of hydrogen-bond donors (Lipinski definition) is 0. The van der Waals surface area contributed by atoms with Crippen molar-refractivity contribution >= 4 is 21.9 Å². The van der Waals surface area contributed by atoms with E-state index in [4.69, 9.17) is 4.74 Å². The molecule has 3 rings (SSSR count). The van der Waals surface area contributed by atoms with Crippen LogP contribution in [0.15, 0.2) is 53.4 Å². The molecule has 0 N–H and O–H groups in total. The minimum Gasteiger partial charge on any atom is -0.464 e. The molecule has 0 saturated carbocycles. The quantitative estimate of drug-likeness (QED) is 0.721. The lowest BCUT2D eigenvalue weighted by Gasteiger charge is -2.15. The molecule has 2 aromatic carbocycles. The zero-order valence-corrected chi connectivity index (χ0v) is 14.5. The summed E-state index contributed by atoms with van der Waals surface area (Å²) in [6, 6.07) is 11.7. The van der Waals surface area contributed by atoms with E-state index in [-0.39, 0.29) is 35.8 Å². The molecule has 0 radical (unpaired) electrons. The highest BCUT2D eigenvalue weighted by Crippen LogP contribution is 2.29. The van der Waals surface area contributed by atoms with Crippen LogP contribution < -0.4 is 0 Å². The number of nitrogens with zero attached hydrogens (tertiary/aromatic N) is 1. The second-order valence-electron chi connectivity index (χ2n) is 5.73. The summed E-state index contributed by atoms with van der Waals surface area (Å²) in [5.41, 5.74) is 0.909. The van der Waals surface area contributed by atoms with E-state index in [0.29, 0.717) is 10.7 Å². The van der Waals surface area contributed by atoms with E-state index in [1.165, 1.54) is 24.3 Å². The highest BCUT2D eigenvalue weighted by atomic mass is 32.2. The molecule has 0 atom stereocenters. The monoisotopic (exact) mass is 377 g/mol. The van der Waals surface area contributed by atoms with Gasteiger partial charge in [0.2, 0.25) is 0 Å². The number of benzene rings is 2. The first-order valence-corrected chi connectivity index (χ1v) is 9.40. The van der Waals surface area contributed by atoms with E-state index in [9.17, 15) is 22.4 Å². The third-order valence-corrected chi connectivity index (χ3v) is 5.84. The van der Waals surface area contributed by atoms with Gasteiger partial charge in [0.05, 0.1) is 12.1 Å². The van der Waals surface area contributed by atoms with Gasteiger partial charge in [-0.15, -0.1) is 0 Å². The summed E-state index contributed by atoms with van der Waals surface area (Å²) in [6.45, 7) is -0.459. The molecule has 8 heteroatoms. The molecule has 0 aliphatic carbocycles. The van der Waals surface area contributed by atoms with Crippen molar-refractivity contribution in [3.63, 3.8) is 0 Å². The molecule has 1 aliphatic heterocycles. The van der Waals surface area contributed by atoms with Crippen molar-refractivity contribution in [3.05, 3.63) is 65.5 Å². The SMILES string of the molecule is O=C(CCc1ccc(F)cc1)OCCN1C(=O)c2ccccc2S1(=O)=O. The molecule has 1 amide bonds. The zero-order chi connectivity index (χ0) is 18.7. The Morgan fingerprint density at radius 2 is 1.77 bits per heavy atom. The molecule has 0 fully saturated rings. The van der Waals surface area contributed by atoms with Crippen LogP contribution in [0.2, 0.25) is 0 Å². The number of aryl methyl sites for hydroxylation is 1. The summed E-state index contributed by atoms with van der Waals surface area (Å²) in [5.74, 6) is -1.49. The summed E-state index contributed by atoms with van der Waals surface area (Å²) in [7, 11) is -3.90. The van der Waals surface area contributed by atoms with Crippen LogP contribution >= 0.6 is 0 Å². The Morgan fingerprint density at radius 1 is 1.08 bits per heavy atom. The number of sulfonamides is 1. The fourth-order valence-corrected chi connectivity index (χ4v) is 4.22. The largest absolute Gasteiger partial charge is 0.464 e. The van der Waals surface area contributed by atoms with E-state index >= 15 is 0 Å². The second kappa shape index (κ2) is 7.25. The van der Waals surface area contributed by atoms with Crippen molar-refractivity contribution in [2.45, 2.75) is 17.7 Å². The van der Waals surface area contributed by atoms with Gasteiger partial charge in [-0.1, -0.05) is 24.3 Å². The van der Waals surface area contributed by atoms with Gasteiger partial charge in [-0.2, -0.15) is 0 Å². The summed E-state index contributed by atoms with van der Waals surface area (Å²) >= 11 is 0. The van der Waals surface area contributed by atoms with Crippen LogP contribution in [0.1, 0.15) is 22.3 Å². The lowest BCUT2D eigenvalue weighted by atomic mass is 10.1. The van der Waals surface area contributed by atoms with Gasteiger partial charge in [0.15, 0.2) is 0 Å². The molecule has 136 valence electrons. The fraction of sp³-hybridized carbons (Fsp3) is 0.222. The van der Waals surface area contributed by atoms with Gasteiger partial charge in [0.25, 0.3) is 15.9 Å². The van der Waals surface area contributed by atoms with Crippen LogP contribution in [-0.4, -0.2) is 37.8 Å². The van der Waals surface area contributed by atoms with Crippen molar-refractivity contribution in [2.24, 2.45) is 0 Å². The molecule has 0 unspecified atom stereocenters. The van der Waals surface area contributed by atoms with Crippen LogP contribution in [0.25, 0.3) is 0 Å². The first kappa shape index (κ1) is 18.1. The number of ether oxygens (including phenoxy) is 1. The third kappa shape index (κ3) is 3.60. The lowest BCUT2D eigenvalue weighted by Crippen LogP contribution is -2.33. The molecule has 1 aliphatic rings. The van der Waals surface area contributed by atoms with E-state index in [2.05, 4.69) is 0 Å². The van der Waals surface area contributed by atoms with Crippen molar-refractivity contribution < 1.29 is 27.1 Å². The van der Waals surface area contributed by atoms with Gasteiger partial charge in [-0.3, -0.25) is 9.59 Å². The summed E-state index contributed by atoms with van der Waals surface area (Å²) < 4.78 is 43.2. The Morgan fingerprint density at radius 3 is 2.46 bits per heavy atom. The minimum atomic E-state index is -3.90. The average Bonchev–Trinajstić information content (AvgIpc) is 2.82. The molecule has 6 nitrogen and oxygen atoms in total. The predicted octanol–water partition coefficient (Wildman–Crippen LogP) is 2.15. The maximum atomic E-state index is 12.8. The summed E-state index contributed by atoms with van der Waals surface area (Å²) in [6.07, 6.45) is 0.456. The van der Waals surface area contributed by atoms with Gasteiger partial charge in [0.1, 0.15) is 17.3 Å².